The van der Waals surface area contributed by atoms with Crippen LogP contribution in [0.5, 0.6) is 5.75 Å². The van der Waals surface area contributed by atoms with Gasteiger partial charge in [0, 0.05) is 38.6 Å². The molecule has 0 spiro atoms. The summed E-state index contributed by atoms with van der Waals surface area (Å²) in [7, 11) is 0. The first-order valence-electron chi connectivity index (χ1n) is 12.7. The van der Waals surface area contributed by atoms with Crippen LogP contribution in [0.2, 0.25) is 0 Å². The summed E-state index contributed by atoms with van der Waals surface area (Å²) < 4.78 is 4.82. The fraction of sp³-hybridized carbons (Fsp3) is 0.500. The van der Waals surface area contributed by atoms with Crippen molar-refractivity contribution in [2.24, 2.45) is 0 Å². The van der Waals surface area contributed by atoms with E-state index in [2.05, 4.69) is 10.3 Å². The fourth-order valence-electron chi connectivity index (χ4n) is 4.33. The van der Waals surface area contributed by atoms with Crippen molar-refractivity contribution in [2.75, 3.05) is 41.3 Å². The molecule has 1 aliphatic rings. The van der Waals surface area contributed by atoms with Gasteiger partial charge in [0.15, 0.2) is 5.82 Å². The molecular weight excluding hydrogens is 476 g/mol. The summed E-state index contributed by atoms with van der Waals surface area (Å²) in [6.07, 6.45) is 3.65. The van der Waals surface area contributed by atoms with Crippen LogP contribution in [0.4, 0.5) is 22.2 Å². The van der Waals surface area contributed by atoms with Crippen molar-refractivity contribution in [1.82, 2.24) is 14.9 Å². The molecule has 2 N–H and O–H groups in total. The standard InChI is InChI=1S/C26H36N6O5/c1-5-30(6-2)25-27-16-22(32(18(3)4)26(36)31-13-7-8-14-31)23(29-25)28-21(24(34)35)15-19-9-11-20(12-10-19)37-17-33/h9-12,16-18,21H,5-8,13-15H2,1-4H3,(H,34,35)(H,27,28,29). The van der Waals surface area contributed by atoms with Gasteiger partial charge in [-0.1, -0.05) is 12.1 Å². The molecule has 1 fully saturated rings. The number of carbonyl (C=O) groups excluding carboxylic acids is 2. The maximum Gasteiger partial charge on any atom is 0.326 e. The Morgan fingerprint density at radius 3 is 2.35 bits per heavy atom. The van der Waals surface area contributed by atoms with Gasteiger partial charge < -0.3 is 25.0 Å². The Balaban J connectivity index is 1.99. The second kappa shape index (κ2) is 12.9. The number of anilines is 3. The predicted octanol–water partition coefficient (Wildman–Crippen LogP) is 3.40. The number of carboxylic acid groups (broad SMARTS) is 1. The Kier molecular flexibility index (Phi) is 9.64. The Bertz CT molecular complexity index is 1070. The minimum Gasteiger partial charge on any atom is -0.480 e. The van der Waals surface area contributed by atoms with Crippen LogP contribution in [0.15, 0.2) is 30.5 Å². The highest BCUT2D eigenvalue weighted by Gasteiger charge is 2.31. The van der Waals surface area contributed by atoms with E-state index in [-0.39, 0.29) is 24.3 Å². The lowest BCUT2D eigenvalue weighted by atomic mass is 10.1. The molecule has 1 unspecified atom stereocenters. The van der Waals surface area contributed by atoms with Crippen LogP contribution in [-0.2, 0) is 16.0 Å². The van der Waals surface area contributed by atoms with Crippen LogP contribution >= 0.6 is 0 Å². The lowest BCUT2D eigenvalue weighted by Crippen LogP contribution is -2.46. The fourth-order valence-corrected chi connectivity index (χ4v) is 4.33. The molecule has 37 heavy (non-hydrogen) atoms. The minimum absolute atomic E-state index is 0.141. The van der Waals surface area contributed by atoms with Crippen molar-refractivity contribution in [3.63, 3.8) is 0 Å². The third-order valence-corrected chi connectivity index (χ3v) is 6.32. The number of nitrogens with one attached hydrogen (secondary N) is 1. The number of hydrogen-bond donors (Lipinski definition) is 2. The molecule has 1 aromatic carbocycles. The maximum absolute atomic E-state index is 13.5. The van der Waals surface area contributed by atoms with E-state index in [0.29, 0.717) is 50.0 Å². The molecule has 0 saturated carbocycles. The van der Waals surface area contributed by atoms with Crippen molar-refractivity contribution in [2.45, 2.75) is 59.0 Å². The van der Waals surface area contributed by atoms with E-state index >= 15 is 0 Å². The van der Waals surface area contributed by atoms with E-state index in [1.807, 2.05) is 32.6 Å². The molecule has 0 aliphatic carbocycles. The van der Waals surface area contributed by atoms with E-state index in [1.165, 1.54) is 0 Å². The van der Waals surface area contributed by atoms with Crippen molar-refractivity contribution in [3.8, 4) is 5.75 Å². The average Bonchev–Trinajstić information content (AvgIpc) is 3.42. The van der Waals surface area contributed by atoms with Gasteiger partial charge in [0.2, 0.25) is 5.95 Å². The molecule has 2 amide bonds. The minimum atomic E-state index is -1.07. The van der Waals surface area contributed by atoms with E-state index in [4.69, 9.17) is 9.72 Å². The molecule has 200 valence electrons. The van der Waals surface area contributed by atoms with Gasteiger partial charge in [0.1, 0.15) is 17.5 Å². The van der Waals surface area contributed by atoms with E-state index in [0.717, 1.165) is 18.4 Å². The molecular formula is C26H36N6O5. The summed E-state index contributed by atoms with van der Waals surface area (Å²) in [5.41, 5.74) is 1.16. The first-order valence-corrected chi connectivity index (χ1v) is 12.7. The number of urea groups is 1. The molecule has 1 aliphatic heterocycles. The highest BCUT2D eigenvalue weighted by Crippen LogP contribution is 2.30. The van der Waals surface area contributed by atoms with Gasteiger partial charge in [-0.3, -0.25) is 9.69 Å². The molecule has 11 nitrogen and oxygen atoms in total. The first-order chi connectivity index (χ1) is 17.8. The second-order valence-electron chi connectivity index (χ2n) is 9.11. The highest BCUT2D eigenvalue weighted by atomic mass is 16.5. The summed E-state index contributed by atoms with van der Waals surface area (Å²) in [4.78, 5) is 50.9. The second-order valence-corrected chi connectivity index (χ2v) is 9.11. The molecule has 0 bridgehead atoms. The van der Waals surface area contributed by atoms with Crippen LogP contribution < -0.4 is 19.9 Å². The first kappa shape index (κ1) is 27.7. The van der Waals surface area contributed by atoms with Crippen molar-refractivity contribution in [3.05, 3.63) is 36.0 Å². The van der Waals surface area contributed by atoms with Crippen LogP contribution in [0.3, 0.4) is 0 Å². The zero-order chi connectivity index (χ0) is 26.9. The Hall–Kier alpha value is -3.89. The smallest absolute Gasteiger partial charge is 0.326 e. The number of amides is 2. The zero-order valence-corrected chi connectivity index (χ0v) is 21.9. The monoisotopic (exact) mass is 512 g/mol. The van der Waals surface area contributed by atoms with Crippen molar-refractivity contribution >= 4 is 35.9 Å². The number of likely N-dealkylation sites (tertiary alicyclic amines) is 1. The summed E-state index contributed by atoms with van der Waals surface area (Å²) in [6.45, 7) is 10.9. The number of rotatable bonds is 12. The summed E-state index contributed by atoms with van der Waals surface area (Å²) >= 11 is 0. The Labute approximate surface area is 217 Å². The van der Waals surface area contributed by atoms with Crippen LogP contribution in [0.25, 0.3) is 0 Å². The molecule has 11 heteroatoms. The van der Waals surface area contributed by atoms with Gasteiger partial charge in [-0.05, 0) is 58.2 Å². The summed E-state index contributed by atoms with van der Waals surface area (Å²) in [5, 5.41) is 13.1. The van der Waals surface area contributed by atoms with Crippen LogP contribution in [0, 0.1) is 0 Å². The molecule has 2 heterocycles. The van der Waals surface area contributed by atoms with Crippen molar-refractivity contribution < 1.29 is 24.2 Å². The molecule has 1 saturated heterocycles. The van der Waals surface area contributed by atoms with Gasteiger partial charge in [-0.15, -0.1) is 0 Å². The number of aromatic nitrogens is 2. The highest BCUT2D eigenvalue weighted by molar-refractivity contribution is 5.96. The van der Waals surface area contributed by atoms with Crippen LogP contribution in [-0.4, -0.2) is 76.7 Å². The quantitative estimate of drug-likeness (QED) is 0.411. The van der Waals surface area contributed by atoms with E-state index in [1.54, 1.807) is 40.3 Å². The summed E-state index contributed by atoms with van der Waals surface area (Å²) in [5.74, 6) is 0.0391. The zero-order valence-electron chi connectivity index (χ0n) is 21.9. The normalized spacial score (nSPS) is 13.8. The van der Waals surface area contributed by atoms with Gasteiger partial charge in [0.25, 0.3) is 6.47 Å². The van der Waals surface area contributed by atoms with Crippen molar-refractivity contribution in [1.29, 1.82) is 0 Å². The van der Waals surface area contributed by atoms with Gasteiger partial charge in [-0.25, -0.2) is 14.6 Å². The van der Waals surface area contributed by atoms with Gasteiger partial charge >= 0.3 is 12.0 Å². The van der Waals surface area contributed by atoms with Gasteiger partial charge in [0.05, 0.1) is 6.20 Å². The summed E-state index contributed by atoms with van der Waals surface area (Å²) in [6, 6.07) is 5.23. The number of aliphatic carboxylic acids is 1. The average molecular weight is 513 g/mol. The van der Waals surface area contributed by atoms with E-state index in [9.17, 15) is 19.5 Å². The Morgan fingerprint density at radius 2 is 1.81 bits per heavy atom. The van der Waals surface area contributed by atoms with E-state index < -0.39 is 12.0 Å². The topological polar surface area (TPSA) is 128 Å². The molecule has 2 aromatic rings. The lowest BCUT2D eigenvalue weighted by molar-refractivity contribution is -0.137. The molecule has 3 rings (SSSR count). The molecule has 1 aromatic heterocycles. The number of nitrogens with zero attached hydrogens (tertiary/aromatic N) is 5. The maximum atomic E-state index is 13.5. The largest absolute Gasteiger partial charge is 0.480 e. The SMILES string of the molecule is CCN(CC)c1ncc(N(C(=O)N2CCCC2)C(C)C)c(NC(Cc2ccc(OC=O)cc2)C(=O)O)n1. The predicted molar refractivity (Wildman–Crippen MR) is 141 cm³/mol. The lowest BCUT2D eigenvalue weighted by Gasteiger charge is -2.33. The molecule has 0 radical (unpaired) electrons. The number of ether oxygens (including phenoxy) is 1. The number of benzene rings is 1. The van der Waals surface area contributed by atoms with Crippen LogP contribution in [0.1, 0.15) is 46.1 Å². The number of carbonyl (C=O) groups is 3. The number of carboxylic acids is 1. The Morgan fingerprint density at radius 1 is 1.16 bits per heavy atom. The third-order valence-electron chi connectivity index (χ3n) is 6.32. The third kappa shape index (κ3) is 6.87. The number of hydrogen-bond acceptors (Lipinski definition) is 8. The van der Waals surface area contributed by atoms with Gasteiger partial charge in [-0.2, -0.15) is 4.98 Å². The molecule has 1 atom stereocenters.